The van der Waals surface area contributed by atoms with Crippen LogP contribution < -0.4 is 5.73 Å². The summed E-state index contributed by atoms with van der Waals surface area (Å²) in [5.41, 5.74) is 11.1. The molecule has 0 aliphatic rings. The van der Waals surface area contributed by atoms with Gasteiger partial charge in [0.25, 0.3) is 0 Å². The van der Waals surface area contributed by atoms with Crippen LogP contribution in [0, 0.1) is 6.92 Å². The monoisotopic (exact) mass is 425 g/mol. The Labute approximate surface area is 185 Å². The van der Waals surface area contributed by atoms with E-state index in [2.05, 4.69) is 69.7 Å². The summed E-state index contributed by atoms with van der Waals surface area (Å²) in [5.74, 6) is 2.23. The Bertz CT molecular complexity index is 1430. The fraction of sp³-hybridized carbons (Fsp3) is 0.208. The molecule has 5 aromatic rings. The van der Waals surface area contributed by atoms with Crippen molar-refractivity contribution >= 4 is 17.0 Å². The number of nitrogen functional groups attached to an aromatic ring is 1. The number of nitrogens with zero attached hydrogens (tertiary/aromatic N) is 6. The Kier molecular flexibility index (Phi) is 4.51. The van der Waals surface area contributed by atoms with Crippen molar-refractivity contribution in [1.82, 2.24) is 29.7 Å². The SMILES string of the molecule is Cc1nc(-c2cccc(-c3nc4cc(-c5cnc(N)nc5)ccc4n3C(C)(C)C)c2)no1. The van der Waals surface area contributed by atoms with Crippen LogP contribution in [0.1, 0.15) is 26.7 Å². The number of hydrogen-bond donors (Lipinski definition) is 1. The highest BCUT2D eigenvalue weighted by Crippen LogP contribution is 2.34. The zero-order chi connectivity index (χ0) is 22.5. The van der Waals surface area contributed by atoms with Crippen LogP contribution in [-0.2, 0) is 5.54 Å². The molecule has 5 rings (SSSR count). The number of rotatable bonds is 3. The van der Waals surface area contributed by atoms with Gasteiger partial charge in [0, 0.05) is 41.5 Å². The Morgan fingerprint density at radius 3 is 2.31 bits per heavy atom. The Balaban J connectivity index is 1.68. The molecule has 3 heterocycles. The first-order valence-electron chi connectivity index (χ1n) is 10.3. The van der Waals surface area contributed by atoms with Crippen molar-refractivity contribution in [2.45, 2.75) is 33.2 Å². The normalized spacial score (nSPS) is 11.9. The summed E-state index contributed by atoms with van der Waals surface area (Å²) in [6.07, 6.45) is 3.45. The molecule has 0 spiro atoms. The molecule has 8 heteroatoms. The summed E-state index contributed by atoms with van der Waals surface area (Å²) in [6, 6.07) is 14.3. The third-order valence-electron chi connectivity index (χ3n) is 5.24. The number of nitrogens with two attached hydrogens (primary N) is 1. The summed E-state index contributed by atoms with van der Waals surface area (Å²) in [5, 5.41) is 4.05. The first-order chi connectivity index (χ1) is 15.3. The third-order valence-corrected chi connectivity index (χ3v) is 5.24. The molecule has 0 amide bonds. The van der Waals surface area contributed by atoms with Crippen LogP contribution in [0.2, 0.25) is 0 Å². The van der Waals surface area contributed by atoms with Gasteiger partial charge in [-0.05, 0) is 44.5 Å². The predicted molar refractivity (Wildman–Crippen MR) is 124 cm³/mol. The summed E-state index contributed by atoms with van der Waals surface area (Å²) >= 11 is 0. The van der Waals surface area contributed by atoms with E-state index >= 15 is 0 Å². The average Bonchev–Trinajstić information content (AvgIpc) is 3.37. The Morgan fingerprint density at radius 1 is 0.875 bits per heavy atom. The maximum absolute atomic E-state index is 5.63. The molecular weight excluding hydrogens is 402 g/mol. The molecule has 2 N–H and O–H groups in total. The van der Waals surface area contributed by atoms with E-state index in [0.717, 1.165) is 39.1 Å². The van der Waals surface area contributed by atoms with Gasteiger partial charge in [-0.15, -0.1) is 0 Å². The minimum Gasteiger partial charge on any atom is -0.368 e. The molecule has 160 valence electrons. The Morgan fingerprint density at radius 2 is 1.62 bits per heavy atom. The number of aromatic nitrogens is 6. The van der Waals surface area contributed by atoms with Crippen LogP contribution in [0.3, 0.4) is 0 Å². The zero-order valence-electron chi connectivity index (χ0n) is 18.4. The van der Waals surface area contributed by atoms with E-state index in [-0.39, 0.29) is 11.5 Å². The molecule has 3 aromatic heterocycles. The van der Waals surface area contributed by atoms with Gasteiger partial charge < -0.3 is 14.8 Å². The number of imidazole rings is 1. The second-order valence-electron chi connectivity index (χ2n) is 8.69. The lowest BCUT2D eigenvalue weighted by Crippen LogP contribution is -2.22. The van der Waals surface area contributed by atoms with Crippen molar-refractivity contribution in [3.8, 4) is 33.9 Å². The number of aryl methyl sites for hydroxylation is 1. The van der Waals surface area contributed by atoms with Gasteiger partial charge in [-0.1, -0.05) is 29.4 Å². The second-order valence-corrected chi connectivity index (χ2v) is 8.69. The summed E-state index contributed by atoms with van der Waals surface area (Å²) < 4.78 is 7.41. The lowest BCUT2D eigenvalue weighted by Gasteiger charge is -2.25. The summed E-state index contributed by atoms with van der Waals surface area (Å²) in [6.45, 7) is 8.30. The quantitative estimate of drug-likeness (QED) is 0.440. The van der Waals surface area contributed by atoms with Gasteiger partial charge in [-0.3, -0.25) is 0 Å². The molecule has 8 nitrogen and oxygen atoms in total. The molecule has 0 saturated carbocycles. The van der Waals surface area contributed by atoms with Crippen molar-refractivity contribution in [2.24, 2.45) is 0 Å². The molecule has 0 aliphatic carbocycles. The minimum absolute atomic E-state index is 0.186. The Hall–Kier alpha value is -4.07. The summed E-state index contributed by atoms with van der Waals surface area (Å²) in [7, 11) is 0. The summed E-state index contributed by atoms with van der Waals surface area (Å²) in [4.78, 5) is 17.6. The maximum Gasteiger partial charge on any atom is 0.223 e. The van der Waals surface area contributed by atoms with Gasteiger partial charge in [-0.25, -0.2) is 15.0 Å². The topological polar surface area (TPSA) is 109 Å². The van der Waals surface area contributed by atoms with E-state index < -0.39 is 0 Å². The van der Waals surface area contributed by atoms with Gasteiger partial charge in [0.15, 0.2) is 0 Å². The molecule has 0 saturated heterocycles. The van der Waals surface area contributed by atoms with Crippen LogP contribution in [-0.4, -0.2) is 29.7 Å². The van der Waals surface area contributed by atoms with Gasteiger partial charge in [-0.2, -0.15) is 4.98 Å². The largest absolute Gasteiger partial charge is 0.368 e. The lowest BCUT2D eigenvalue weighted by molar-refractivity contribution is 0.394. The maximum atomic E-state index is 5.63. The molecule has 0 atom stereocenters. The van der Waals surface area contributed by atoms with Crippen molar-refractivity contribution in [1.29, 1.82) is 0 Å². The smallest absolute Gasteiger partial charge is 0.223 e. The zero-order valence-corrected chi connectivity index (χ0v) is 18.4. The van der Waals surface area contributed by atoms with Crippen molar-refractivity contribution in [2.75, 3.05) is 5.73 Å². The number of fused-ring (bicyclic) bond motifs is 1. The van der Waals surface area contributed by atoms with E-state index in [0.29, 0.717) is 11.7 Å². The van der Waals surface area contributed by atoms with E-state index in [4.69, 9.17) is 15.2 Å². The molecule has 2 aromatic carbocycles. The van der Waals surface area contributed by atoms with E-state index in [1.807, 2.05) is 18.2 Å². The fourth-order valence-electron chi connectivity index (χ4n) is 3.83. The van der Waals surface area contributed by atoms with E-state index in [9.17, 15) is 0 Å². The van der Waals surface area contributed by atoms with Crippen LogP contribution in [0.4, 0.5) is 5.95 Å². The van der Waals surface area contributed by atoms with Gasteiger partial charge >= 0.3 is 0 Å². The second kappa shape index (κ2) is 7.26. The lowest BCUT2D eigenvalue weighted by atomic mass is 10.0. The first-order valence-corrected chi connectivity index (χ1v) is 10.3. The highest BCUT2D eigenvalue weighted by molar-refractivity contribution is 5.86. The molecule has 0 aliphatic heterocycles. The predicted octanol–water partition coefficient (Wildman–Crippen LogP) is 4.86. The molecule has 0 unspecified atom stereocenters. The first kappa shape index (κ1) is 19.9. The molecule has 0 radical (unpaired) electrons. The van der Waals surface area contributed by atoms with E-state index in [1.54, 1.807) is 19.3 Å². The molecule has 32 heavy (non-hydrogen) atoms. The van der Waals surface area contributed by atoms with Crippen molar-refractivity contribution < 1.29 is 4.52 Å². The number of hydrogen-bond acceptors (Lipinski definition) is 7. The molecular formula is C24H23N7O. The van der Waals surface area contributed by atoms with Gasteiger partial charge in [0.2, 0.25) is 17.7 Å². The standard InChI is InChI=1S/C24H23N7O/c1-14-28-21(30-32-14)16-6-5-7-17(10-16)22-29-19-11-15(18-12-26-23(25)27-13-18)8-9-20(19)31(22)24(2,3)4/h5-13H,1-4H3,(H2,25,26,27). The highest BCUT2D eigenvalue weighted by Gasteiger charge is 2.23. The van der Waals surface area contributed by atoms with Crippen molar-refractivity contribution in [3.63, 3.8) is 0 Å². The van der Waals surface area contributed by atoms with Crippen molar-refractivity contribution in [3.05, 3.63) is 60.7 Å². The van der Waals surface area contributed by atoms with E-state index in [1.165, 1.54) is 0 Å². The highest BCUT2D eigenvalue weighted by atomic mass is 16.5. The third kappa shape index (κ3) is 3.49. The average molecular weight is 425 g/mol. The number of benzene rings is 2. The number of anilines is 1. The van der Waals surface area contributed by atoms with Crippen LogP contribution in [0.15, 0.2) is 59.4 Å². The minimum atomic E-state index is -0.186. The molecule has 0 fully saturated rings. The fourth-order valence-corrected chi connectivity index (χ4v) is 3.83. The van der Waals surface area contributed by atoms with Crippen LogP contribution in [0.5, 0.6) is 0 Å². The molecule has 0 bridgehead atoms. The van der Waals surface area contributed by atoms with Gasteiger partial charge in [0.05, 0.1) is 11.0 Å². The van der Waals surface area contributed by atoms with Crippen LogP contribution in [0.25, 0.3) is 44.9 Å². The van der Waals surface area contributed by atoms with Gasteiger partial charge in [0.1, 0.15) is 5.82 Å². The van der Waals surface area contributed by atoms with Crippen LogP contribution >= 0.6 is 0 Å².